The summed E-state index contributed by atoms with van der Waals surface area (Å²) in [7, 11) is 1.51. The first-order valence-corrected chi connectivity index (χ1v) is 12.2. The fourth-order valence-corrected chi connectivity index (χ4v) is 5.31. The van der Waals surface area contributed by atoms with Gasteiger partial charge in [-0.15, -0.1) is 0 Å². The fourth-order valence-electron chi connectivity index (χ4n) is 5.31. The minimum absolute atomic E-state index is 0.0315. The van der Waals surface area contributed by atoms with Crippen molar-refractivity contribution < 1.29 is 13.6 Å². The molecule has 0 aliphatic heterocycles. The predicted octanol–water partition coefficient (Wildman–Crippen LogP) is 6.04. The van der Waals surface area contributed by atoms with Gasteiger partial charge in [0.1, 0.15) is 5.69 Å². The Morgan fingerprint density at radius 1 is 1.15 bits per heavy atom. The molecule has 33 heavy (non-hydrogen) atoms. The van der Waals surface area contributed by atoms with Gasteiger partial charge in [0.05, 0.1) is 10.9 Å². The average Bonchev–Trinajstić information content (AvgIpc) is 2.77. The summed E-state index contributed by atoms with van der Waals surface area (Å²) in [6.07, 6.45) is 6.71. The lowest BCUT2D eigenvalue weighted by Crippen LogP contribution is -2.33. The molecule has 2 aliphatic carbocycles. The van der Waals surface area contributed by atoms with E-state index in [4.69, 9.17) is 0 Å². The Morgan fingerprint density at radius 3 is 2.42 bits per heavy atom. The highest BCUT2D eigenvalue weighted by atomic mass is 19.3. The number of carbonyl (C=O) groups is 1. The monoisotopic (exact) mass is 461 g/mol. The lowest BCUT2D eigenvalue weighted by atomic mass is 9.66. The van der Waals surface area contributed by atoms with E-state index in [-0.39, 0.29) is 35.8 Å². The number of rotatable bonds is 3. The van der Waals surface area contributed by atoms with Crippen LogP contribution in [0.4, 0.5) is 8.78 Å². The van der Waals surface area contributed by atoms with Gasteiger partial charge in [-0.1, -0.05) is 33.6 Å². The van der Waals surface area contributed by atoms with Gasteiger partial charge in [-0.2, -0.15) is 0 Å². The van der Waals surface area contributed by atoms with Crippen LogP contribution in [-0.4, -0.2) is 28.8 Å². The molecular weight excluding hydrogens is 424 g/mol. The zero-order valence-corrected chi connectivity index (χ0v) is 20.2. The summed E-state index contributed by atoms with van der Waals surface area (Å²) in [4.78, 5) is 32.5. The normalized spacial score (nSPS) is 23.1. The summed E-state index contributed by atoms with van der Waals surface area (Å²) in [6.45, 7) is 6.50. The van der Waals surface area contributed by atoms with Crippen LogP contribution in [0.3, 0.4) is 0 Å². The Labute approximate surface area is 194 Å². The van der Waals surface area contributed by atoms with Gasteiger partial charge in [0.25, 0.3) is 5.91 Å². The van der Waals surface area contributed by atoms with Crippen LogP contribution in [0, 0.1) is 17.8 Å². The van der Waals surface area contributed by atoms with E-state index in [9.17, 15) is 18.4 Å². The molecule has 1 amide bonds. The molecule has 7 heteroatoms. The Morgan fingerprint density at radius 2 is 1.79 bits per heavy atom. The first-order valence-electron chi connectivity index (χ1n) is 12.2. The molecule has 0 saturated heterocycles. The Kier molecular flexibility index (Phi) is 8.24. The number of carbonyl (C=O) groups excluding carboxylic acids is 1. The van der Waals surface area contributed by atoms with Crippen molar-refractivity contribution in [3.63, 3.8) is 0 Å². The Balaban J connectivity index is 0.000000709. The first-order chi connectivity index (χ1) is 15.6. The van der Waals surface area contributed by atoms with E-state index in [1.807, 2.05) is 0 Å². The zero-order valence-electron chi connectivity index (χ0n) is 20.2. The predicted molar refractivity (Wildman–Crippen MR) is 128 cm³/mol. The maximum atomic E-state index is 13.6. The fraction of sp³-hybridized carbons (Fsp3) is 0.654. The molecule has 182 valence electrons. The van der Waals surface area contributed by atoms with Crippen LogP contribution in [0.2, 0.25) is 0 Å². The summed E-state index contributed by atoms with van der Waals surface area (Å²) in [5, 5.41) is 2.81. The zero-order chi connectivity index (χ0) is 24.2. The van der Waals surface area contributed by atoms with Crippen molar-refractivity contribution in [2.24, 2.45) is 17.8 Å². The van der Waals surface area contributed by atoms with Crippen LogP contribution in [0.1, 0.15) is 94.2 Å². The second-order valence-corrected chi connectivity index (χ2v) is 10.2. The minimum atomic E-state index is -2.53. The average molecular weight is 462 g/mol. The van der Waals surface area contributed by atoms with Gasteiger partial charge in [0, 0.05) is 43.8 Å². The van der Waals surface area contributed by atoms with E-state index in [2.05, 4.69) is 36.1 Å². The molecule has 0 radical (unpaired) electrons. The number of fused-ring (bicyclic) bond motifs is 1. The smallest absolute Gasteiger partial charge is 0.270 e. The molecule has 2 aliphatic rings. The maximum absolute atomic E-state index is 13.6. The molecule has 2 aromatic heterocycles. The van der Waals surface area contributed by atoms with E-state index in [1.165, 1.54) is 13.2 Å². The van der Waals surface area contributed by atoms with Gasteiger partial charge >= 0.3 is 0 Å². The highest BCUT2D eigenvalue weighted by molar-refractivity contribution is 6.04. The number of halogens is 2. The first kappa shape index (κ1) is 25.3. The highest BCUT2D eigenvalue weighted by Gasteiger charge is 2.41. The summed E-state index contributed by atoms with van der Waals surface area (Å²) < 4.78 is 27.3. The second kappa shape index (κ2) is 10.7. The largest absolute Gasteiger partial charge is 0.358 e. The molecule has 4 rings (SSSR count). The Hall–Kier alpha value is -2.31. The van der Waals surface area contributed by atoms with Crippen molar-refractivity contribution in [3.8, 4) is 0 Å². The SMILES string of the molecule is CC(C)C.CNC(=O)c1nccc2[nH]c([C@@H]3CCCC[C@H]3C3CCC(F)(F)CC3)cc(=O)c12. The molecule has 2 fully saturated rings. The van der Waals surface area contributed by atoms with E-state index in [0.717, 1.165) is 37.3 Å². The van der Waals surface area contributed by atoms with Crippen molar-refractivity contribution in [1.82, 2.24) is 15.3 Å². The van der Waals surface area contributed by atoms with Crippen LogP contribution < -0.4 is 10.7 Å². The van der Waals surface area contributed by atoms with Crippen molar-refractivity contribution in [2.45, 2.75) is 84.0 Å². The molecule has 0 bridgehead atoms. The van der Waals surface area contributed by atoms with Crippen LogP contribution in [0.15, 0.2) is 23.1 Å². The van der Waals surface area contributed by atoms with E-state index < -0.39 is 11.8 Å². The second-order valence-electron chi connectivity index (χ2n) is 10.2. The lowest BCUT2D eigenvalue weighted by Gasteiger charge is -2.40. The van der Waals surface area contributed by atoms with Gasteiger partial charge in [0.2, 0.25) is 5.92 Å². The number of nitrogens with zero attached hydrogens (tertiary/aromatic N) is 1. The molecule has 0 spiro atoms. The van der Waals surface area contributed by atoms with Gasteiger partial charge < -0.3 is 10.3 Å². The maximum Gasteiger partial charge on any atom is 0.270 e. The summed E-state index contributed by atoms with van der Waals surface area (Å²) >= 11 is 0. The van der Waals surface area contributed by atoms with Gasteiger partial charge in [-0.25, -0.2) is 8.78 Å². The standard InChI is InChI=1S/C22H27F2N3O2.C4H10/c1-25-21(29)20-19-16(8-11-26-20)27-17(12-18(19)28)15-5-3-2-4-14(15)13-6-9-22(23,24)10-7-13;1-4(2)3/h8,11-15H,2-7,9-10H2,1H3,(H,25,29)(H,27,28);4H,1-3H3/t14-,15+;/m0./s1. The molecule has 5 nitrogen and oxygen atoms in total. The number of aromatic nitrogens is 2. The van der Waals surface area contributed by atoms with Crippen molar-refractivity contribution >= 4 is 16.8 Å². The third-order valence-electron chi connectivity index (χ3n) is 6.79. The van der Waals surface area contributed by atoms with Crippen LogP contribution >= 0.6 is 0 Å². The van der Waals surface area contributed by atoms with Crippen LogP contribution in [-0.2, 0) is 0 Å². The van der Waals surface area contributed by atoms with Crippen molar-refractivity contribution in [1.29, 1.82) is 0 Å². The number of amides is 1. The molecular formula is C26H37F2N3O2. The summed E-state index contributed by atoms with van der Waals surface area (Å²) in [6, 6.07) is 3.31. The van der Waals surface area contributed by atoms with E-state index >= 15 is 0 Å². The molecule has 2 atom stereocenters. The van der Waals surface area contributed by atoms with Gasteiger partial charge in [-0.3, -0.25) is 14.6 Å². The minimum Gasteiger partial charge on any atom is -0.358 e. The number of nitrogens with one attached hydrogen (secondary N) is 2. The number of hydrogen-bond acceptors (Lipinski definition) is 3. The van der Waals surface area contributed by atoms with Crippen molar-refractivity contribution in [3.05, 3.63) is 39.9 Å². The number of aromatic amines is 1. The van der Waals surface area contributed by atoms with E-state index in [1.54, 1.807) is 12.1 Å². The topological polar surface area (TPSA) is 74.8 Å². The third-order valence-corrected chi connectivity index (χ3v) is 6.79. The summed E-state index contributed by atoms with van der Waals surface area (Å²) in [5.41, 5.74) is 1.35. The molecule has 2 heterocycles. The van der Waals surface area contributed by atoms with Crippen LogP contribution in [0.5, 0.6) is 0 Å². The molecule has 2 aromatic rings. The molecule has 0 aromatic carbocycles. The number of hydrogen-bond donors (Lipinski definition) is 2. The third kappa shape index (κ3) is 6.18. The highest BCUT2D eigenvalue weighted by Crippen LogP contribution is 2.48. The number of alkyl halides is 2. The quantitative estimate of drug-likeness (QED) is 0.585. The van der Waals surface area contributed by atoms with Crippen LogP contribution in [0.25, 0.3) is 10.9 Å². The number of H-pyrrole nitrogens is 1. The lowest BCUT2D eigenvalue weighted by molar-refractivity contribution is -0.0557. The molecule has 0 unspecified atom stereocenters. The molecule has 2 N–H and O–H groups in total. The number of pyridine rings is 2. The molecule has 2 saturated carbocycles. The Bertz CT molecular complexity index is 1010. The van der Waals surface area contributed by atoms with Gasteiger partial charge in [-0.05, 0) is 49.5 Å². The van der Waals surface area contributed by atoms with Gasteiger partial charge in [0.15, 0.2) is 5.43 Å². The van der Waals surface area contributed by atoms with Crippen molar-refractivity contribution in [2.75, 3.05) is 7.05 Å². The van der Waals surface area contributed by atoms with E-state index in [0.29, 0.717) is 29.7 Å². The summed E-state index contributed by atoms with van der Waals surface area (Å²) in [5.74, 6) is -1.34.